The SMILES string of the molecule is CCn1cc(-c2ccc(CN3Cc4ccnc(OCC(F)F)c4C3=O)s2)cn1. The van der Waals surface area contributed by atoms with Gasteiger partial charge in [-0.2, -0.15) is 5.10 Å². The highest BCUT2D eigenvalue weighted by atomic mass is 32.1. The molecule has 0 aromatic carbocycles. The highest BCUT2D eigenvalue weighted by Crippen LogP contribution is 2.33. The van der Waals surface area contributed by atoms with E-state index in [9.17, 15) is 13.6 Å². The molecule has 0 saturated heterocycles. The molecule has 1 aliphatic rings. The maximum Gasteiger partial charge on any atom is 0.272 e. The molecule has 4 rings (SSSR count). The molecule has 1 amide bonds. The van der Waals surface area contributed by atoms with E-state index in [0.717, 1.165) is 27.4 Å². The molecule has 0 saturated carbocycles. The predicted octanol–water partition coefficient (Wildman–Crippen LogP) is 3.83. The third kappa shape index (κ3) is 3.62. The monoisotopic (exact) mass is 404 g/mol. The van der Waals surface area contributed by atoms with Crippen LogP contribution in [0.25, 0.3) is 10.4 Å². The van der Waals surface area contributed by atoms with E-state index in [1.807, 2.05) is 36.1 Å². The van der Waals surface area contributed by atoms with E-state index in [1.165, 1.54) is 6.20 Å². The van der Waals surface area contributed by atoms with E-state index in [4.69, 9.17) is 4.74 Å². The molecule has 0 atom stereocenters. The van der Waals surface area contributed by atoms with Crippen molar-refractivity contribution in [2.75, 3.05) is 6.61 Å². The van der Waals surface area contributed by atoms with Crippen molar-refractivity contribution in [3.8, 4) is 16.3 Å². The second kappa shape index (κ2) is 7.67. The lowest BCUT2D eigenvalue weighted by Crippen LogP contribution is -2.23. The lowest BCUT2D eigenvalue weighted by atomic mass is 10.2. The van der Waals surface area contributed by atoms with Crippen LogP contribution in [0.15, 0.2) is 36.8 Å². The van der Waals surface area contributed by atoms with Crippen LogP contribution in [0.1, 0.15) is 27.7 Å². The zero-order valence-corrected chi connectivity index (χ0v) is 16.0. The zero-order chi connectivity index (χ0) is 19.7. The molecule has 0 N–H and O–H groups in total. The Morgan fingerprint density at radius 3 is 2.93 bits per heavy atom. The number of halogens is 2. The van der Waals surface area contributed by atoms with Gasteiger partial charge in [-0.3, -0.25) is 9.48 Å². The summed E-state index contributed by atoms with van der Waals surface area (Å²) in [7, 11) is 0. The number of carbonyl (C=O) groups is 1. The number of hydrogen-bond donors (Lipinski definition) is 0. The highest BCUT2D eigenvalue weighted by Gasteiger charge is 2.32. The van der Waals surface area contributed by atoms with Crippen molar-refractivity contribution < 1.29 is 18.3 Å². The van der Waals surface area contributed by atoms with E-state index >= 15 is 0 Å². The van der Waals surface area contributed by atoms with Gasteiger partial charge in [-0.15, -0.1) is 11.3 Å². The lowest BCUT2D eigenvalue weighted by Gasteiger charge is -2.14. The molecule has 0 fully saturated rings. The fourth-order valence-corrected chi connectivity index (χ4v) is 4.12. The molecule has 0 spiro atoms. The number of aryl methyl sites for hydroxylation is 1. The van der Waals surface area contributed by atoms with Crippen LogP contribution in [0.3, 0.4) is 0 Å². The summed E-state index contributed by atoms with van der Waals surface area (Å²) in [6, 6.07) is 5.73. The molecule has 3 aromatic rings. The number of thiophene rings is 1. The average Bonchev–Trinajstić information content (AvgIpc) is 3.40. The molecule has 0 aliphatic carbocycles. The van der Waals surface area contributed by atoms with E-state index < -0.39 is 13.0 Å². The number of hydrogen-bond acceptors (Lipinski definition) is 5. The Morgan fingerprint density at radius 2 is 2.18 bits per heavy atom. The number of ether oxygens (including phenoxy) is 1. The third-order valence-corrected chi connectivity index (χ3v) is 5.58. The number of carbonyl (C=O) groups excluding carboxylic acids is 1. The van der Waals surface area contributed by atoms with Gasteiger partial charge in [-0.1, -0.05) is 0 Å². The van der Waals surface area contributed by atoms with Crippen molar-refractivity contribution in [3.63, 3.8) is 0 Å². The number of rotatable bonds is 7. The number of amides is 1. The van der Waals surface area contributed by atoms with Crippen molar-refractivity contribution in [3.05, 3.63) is 52.8 Å². The van der Waals surface area contributed by atoms with Gasteiger partial charge in [0.25, 0.3) is 12.3 Å². The predicted molar refractivity (Wildman–Crippen MR) is 101 cm³/mol. The molecule has 0 radical (unpaired) electrons. The Bertz CT molecular complexity index is 1000. The Hall–Kier alpha value is -2.81. The molecule has 0 unspecified atom stereocenters. The molecule has 0 bridgehead atoms. The van der Waals surface area contributed by atoms with Gasteiger partial charge in [0.05, 0.1) is 12.7 Å². The molecule has 28 heavy (non-hydrogen) atoms. The normalized spacial score (nSPS) is 13.4. The minimum absolute atomic E-state index is 0.0239. The molecular weight excluding hydrogens is 386 g/mol. The standard InChI is InChI=1S/C19H18F2N4O2S/c1-2-25-9-13(7-23-25)15-4-3-14(28-15)10-24-8-12-5-6-22-18(17(12)19(24)26)27-11-16(20)21/h3-7,9,16H,2,8,10-11H2,1H3. The van der Waals surface area contributed by atoms with Crippen LogP contribution in [0, 0.1) is 0 Å². The number of pyridine rings is 1. The van der Waals surface area contributed by atoms with Crippen LogP contribution in [0.2, 0.25) is 0 Å². The second-order valence-electron chi connectivity index (χ2n) is 6.36. The van der Waals surface area contributed by atoms with Gasteiger partial charge >= 0.3 is 0 Å². The van der Waals surface area contributed by atoms with Gasteiger partial charge in [0.1, 0.15) is 5.56 Å². The minimum Gasteiger partial charge on any atom is -0.471 e. The third-order valence-electron chi connectivity index (χ3n) is 4.46. The molecule has 3 aromatic heterocycles. The maximum atomic E-state index is 12.8. The fourth-order valence-electron chi connectivity index (χ4n) is 3.13. The van der Waals surface area contributed by atoms with E-state index in [2.05, 4.69) is 10.1 Å². The van der Waals surface area contributed by atoms with Crippen LogP contribution >= 0.6 is 11.3 Å². The summed E-state index contributed by atoms with van der Waals surface area (Å²) in [5.41, 5.74) is 2.07. The molecule has 4 heterocycles. The van der Waals surface area contributed by atoms with Gasteiger partial charge in [0.15, 0.2) is 6.61 Å². The Morgan fingerprint density at radius 1 is 1.32 bits per heavy atom. The second-order valence-corrected chi connectivity index (χ2v) is 7.53. The van der Waals surface area contributed by atoms with Crippen molar-refractivity contribution >= 4 is 17.2 Å². The summed E-state index contributed by atoms with van der Waals surface area (Å²) in [6.45, 7) is 2.90. The van der Waals surface area contributed by atoms with E-state index in [1.54, 1.807) is 22.3 Å². The first kappa shape index (κ1) is 18.5. The lowest BCUT2D eigenvalue weighted by molar-refractivity contribution is 0.0720. The van der Waals surface area contributed by atoms with Crippen LogP contribution in [0.5, 0.6) is 5.88 Å². The van der Waals surface area contributed by atoms with E-state index in [0.29, 0.717) is 13.1 Å². The average molecular weight is 404 g/mol. The summed E-state index contributed by atoms with van der Waals surface area (Å²) < 4.78 is 31.8. The topological polar surface area (TPSA) is 60.2 Å². The van der Waals surface area contributed by atoms with Gasteiger partial charge < -0.3 is 9.64 Å². The van der Waals surface area contributed by atoms with Gasteiger partial charge in [0.2, 0.25) is 5.88 Å². The van der Waals surface area contributed by atoms with Crippen LogP contribution in [-0.2, 0) is 19.6 Å². The van der Waals surface area contributed by atoms with Crippen LogP contribution in [0.4, 0.5) is 8.78 Å². The first-order valence-electron chi connectivity index (χ1n) is 8.84. The van der Waals surface area contributed by atoms with Crippen LogP contribution < -0.4 is 4.74 Å². The first-order chi connectivity index (χ1) is 13.5. The maximum absolute atomic E-state index is 12.8. The molecular formula is C19H18F2N4O2S. The molecule has 9 heteroatoms. The van der Waals surface area contributed by atoms with Crippen molar-refractivity contribution in [2.45, 2.75) is 33.0 Å². The number of aromatic nitrogens is 3. The summed E-state index contributed by atoms with van der Waals surface area (Å²) in [4.78, 5) is 20.5. The number of alkyl halides is 2. The largest absolute Gasteiger partial charge is 0.471 e. The van der Waals surface area contributed by atoms with Crippen molar-refractivity contribution in [1.29, 1.82) is 0 Å². The fraction of sp³-hybridized carbons (Fsp3) is 0.316. The minimum atomic E-state index is -2.62. The number of fused-ring (bicyclic) bond motifs is 1. The highest BCUT2D eigenvalue weighted by molar-refractivity contribution is 7.15. The summed E-state index contributed by atoms with van der Waals surface area (Å²) in [6.07, 6.45) is 2.68. The Balaban J connectivity index is 1.49. The molecule has 6 nitrogen and oxygen atoms in total. The quantitative estimate of drug-likeness (QED) is 0.601. The summed E-state index contributed by atoms with van der Waals surface area (Å²) in [5, 5.41) is 4.29. The smallest absolute Gasteiger partial charge is 0.272 e. The molecule has 146 valence electrons. The zero-order valence-electron chi connectivity index (χ0n) is 15.1. The Kier molecular flexibility index (Phi) is 5.08. The summed E-state index contributed by atoms with van der Waals surface area (Å²) >= 11 is 1.60. The Labute approximate surface area is 164 Å². The molecule has 1 aliphatic heterocycles. The van der Waals surface area contributed by atoms with E-state index in [-0.39, 0.29) is 17.4 Å². The van der Waals surface area contributed by atoms with Crippen molar-refractivity contribution in [2.24, 2.45) is 0 Å². The summed E-state index contributed by atoms with van der Waals surface area (Å²) in [5.74, 6) is -0.273. The number of nitrogens with zero attached hydrogens (tertiary/aromatic N) is 4. The van der Waals surface area contributed by atoms with Gasteiger partial charge in [-0.05, 0) is 30.7 Å². The van der Waals surface area contributed by atoms with Gasteiger partial charge in [-0.25, -0.2) is 13.8 Å². The van der Waals surface area contributed by atoms with Gasteiger partial charge in [0, 0.05) is 40.8 Å². The van der Waals surface area contributed by atoms with Crippen LogP contribution in [-0.4, -0.2) is 38.6 Å². The first-order valence-corrected chi connectivity index (χ1v) is 9.66. The van der Waals surface area contributed by atoms with Crippen molar-refractivity contribution in [1.82, 2.24) is 19.7 Å².